The fourth-order valence-corrected chi connectivity index (χ4v) is 3.62. The minimum Gasteiger partial charge on any atom is -0.483 e. The molecule has 1 N–H and O–H groups in total. The standard InChI is InChI=1S/C22H26N4O.CH2O2/c1-2-6-19(7-3-1)14-26-18-24-13-21(26)15-25-11-5-9-22(16-25)27-17-20-8-4-10-23-12-20;2-1-3/h1-4,6-8,10,12-13,18,22H,5,9,11,14-17H2;1H,(H,2,3). The summed E-state index contributed by atoms with van der Waals surface area (Å²) in [6.45, 7) is 4.25. The summed E-state index contributed by atoms with van der Waals surface area (Å²) >= 11 is 0. The number of piperidine rings is 1. The highest BCUT2D eigenvalue weighted by atomic mass is 16.5. The van der Waals surface area contributed by atoms with Crippen LogP contribution in [0.15, 0.2) is 67.4 Å². The number of benzene rings is 1. The number of imidazole rings is 1. The van der Waals surface area contributed by atoms with Gasteiger partial charge in [-0.15, -0.1) is 0 Å². The van der Waals surface area contributed by atoms with Crippen LogP contribution in [0.25, 0.3) is 0 Å². The van der Waals surface area contributed by atoms with E-state index in [9.17, 15) is 0 Å². The zero-order chi connectivity index (χ0) is 21.0. The Hall–Kier alpha value is -3.03. The first-order chi connectivity index (χ1) is 14.8. The number of likely N-dealkylation sites (tertiary alicyclic amines) is 1. The van der Waals surface area contributed by atoms with Crippen molar-refractivity contribution in [3.05, 3.63) is 84.2 Å². The largest absolute Gasteiger partial charge is 0.483 e. The Morgan fingerprint density at radius 2 is 1.87 bits per heavy atom. The van der Waals surface area contributed by atoms with Crippen LogP contribution in [-0.2, 0) is 29.2 Å². The first kappa shape index (κ1) is 21.7. The molecule has 7 nitrogen and oxygen atoms in total. The number of rotatable bonds is 7. The molecule has 158 valence electrons. The van der Waals surface area contributed by atoms with Crippen molar-refractivity contribution >= 4 is 6.47 Å². The molecule has 2 aromatic heterocycles. The topological polar surface area (TPSA) is 80.5 Å². The maximum atomic E-state index is 8.36. The molecule has 0 radical (unpaired) electrons. The molecule has 0 bridgehead atoms. The van der Waals surface area contributed by atoms with E-state index in [0.29, 0.717) is 6.61 Å². The van der Waals surface area contributed by atoms with Crippen molar-refractivity contribution in [1.29, 1.82) is 0 Å². The lowest BCUT2D eigenvalue weighted by Gasteiger charge is -2.32. The average Bonchev–Trinajstić information content (AvgIpc) is 3.21. The lowest BCUT2D eigenvalue weighted by molar-refractivity contribution is -0.122. The molecule has 4 rings (SSSR count). The number of pyridine rings is 1. The van der Waals surface area contributed by atoms with Gasteiger partial charge in [-0.1, -0.05) is 36.4 Å². The number of ether oxygens (including phenoxy) is 1. The summed E-state index contributed by atoms with van der Waals surface area (Å²) in [7, 11) is 0. The van der Waals surface area contributed by atoms with Crippen molar-refractivity contribution in [2.75, 3.05) is 13.1 Å². The summed E-state index contributed by atoms with van der Waals surface area (Å²) < 4.78 is 8.39. The molecule has 3 aromatic rings. The molecule has 1 aliphatic rings. The van der Waals surface area contributed by atoms with Crippen molar-refractivity contribution in [1.82, 2.24) is 19.4 Å². The van der Waals surface area contributed by atoms with Crippen LogP contribution in [0.1, 0.15) is 29.7 Å². The predicted molar refractivity (Wildman–Crippen MR) is 114 cm³/mol. The molecule has 1 atom stereocenters. The average molecular weight is 409 g/mol. The molecule has 0 aliphatic carbocycles. The second kappa shape index (κ2) is 11.8. The van der Waals surface area contributed by atoms with Gasteiger partial charge in [-0.2, -0.15) is 0 Å². The van der Waals surface area contributed by atoms with Gasteiger partial charge in [-0.25, -0.2) is 4.98 Å². The second-order valence-corrected chi connectivity index (χ2v) is 7.28. The van der Waals surface area contributed by atoms with Gasteiger partial charge in [0, 0.05) is 38.2 Å². The monoisotopic (exact) mass is 408 g/mol. The number of carboxylic acid groups (broad SMARTS) is 1. The third kappa shape index (κ3) is 6.79. The summed E-state index contributed by atoms with van der Waals surface area (Å²) in [6.07, 6.45) is 10.2. The zero-order valence-electron chi connectivity index (χ0n) is 17.0. The molecular weight excluding hydrogens is 380 g/mol. The van der Waals surface area contributed by atoms with E-state index in [1.807, 2.05) is 24.8 Å². The Kier molecular flexibility index (Phi) is 8.56. The summed E-state index contributed by atoms with van der Waals surface area (Å²) in [5.41, 5.74) is 3.69. The third-order valence-electron chi connectivity index (χ3n) is 5.05. The van der Waals surface area contributed by atoms with Gasteiger partial charge in [0.25, 0.3) is 6.47 Å². The van der Waals surface area contributed by atoms with Gasteiger partial charge >= 0.3 is 0 Å². The van der Waals surface area contributed by atoms with E-state index in [2.05, 4.69) is 55.8 Å². The van der Waals surface area contributed by atoms with Gasteiger partial charge in [-0.3, -0.25) is 14.7 Å². The fourth-order valence-electron chi connectivity index (χ4n) is 3.62. The minimum atomic E-state index is -0.250. The lowest BCUT2D eigenvalue weighted by Crippen LogP contribution is -2.39. The zero-order valence-corrected chi connectivity index (χ0v) is 17.0. The molecule has 0 saturated carbocycles. The molecule has 1 aliphatic heterocycles. The van der Waals surface area contributed by atoms with Gasteiger partial charge in [0.2, 0.25) is 0 Å². The maximum absolute atomic E-state index is 8.36. The van der Waals surface area contributed by atoms with Crippen molar-refractivity contribution < 1.29 is 14.6 Å². The van der Waals surface area contributed by atoms with Gasteiger partial charge < -0.3 is 14.4 Å². The lowest BCUT2D eigenvalue weighted by atomic mass is 10.1. The van der Waals surface area contributed by atoms with E-state index < -0.39 is 0 Å². The maximum Gasteiger partial charge on any atom is 0.290 e. The van der Waals surface area contributed by atoms with Crippen LogP contribution in [0.2, 0.25) is 0 Å². The van der Waals surface area contributed by atoms with E-state index in [1.165, 1.54) is 17.7 Å². The third-order valence-corrected chi connectivity index (χ3v) is 5.05. The van der Waals surface area contributed by atoms with Crippen molar-refractivity contribution in [3.63, 3.8) is 0 Å². The Balaban J connectivity index is 0.000000806. The Morgan fingerprint density at radius 1 is 1.07 bits per heavy atom. The van der Waals surface area contributed by atoms with Crippen LogP contribution in [-0.4, -0.2) is 50.2 Å². The van der Waals surface area contributed by atoms with E-state index in [-0.39, 0.29) is 12.6 Å². The number of carbonyl (C=O) groups is 1. The second-order valence-electron chi connectivity index (χ2n) is 7.28. The fraction of sp³-hybridized carbons (Fsp3) is 0.348. The summed E-state index contributed by atoms with van der Waals surface area (Å²) in [6, 6.07) is 14.6. The number of nitrogens with zero attached hydrogens (tertiary/aromatic N) is 4. The Labute approximate surface area is 177 Å². The molecule has 3 heterocycles. The number of hydrogen-bond acceptors (Lipinski definition) is 5. The van der Waals surface area contributed by atoms with Crippen LogP contribution >= 0.6 is 0 Å². The van der Waals surface area contributed by atoms with Gasteiger partial charge in [0.1, 0.15) is 0 Å². The molecular formula is C23H28N4O3. The molecule has 1 aromatic carbocycles. The first-order valence-corrected chi connectivity index (χ1v) is 10.1. The Bertz CT molecular complexity index is 870. The van der Waals surface area contributed by atoms with E-state index in [4.69, 9.17) is 14.6 Å². The molecule has 1 fully saturated rings. The minimum absolute atomic E-state index is 0.250. The summed E-state index contributed by atoms with van der Waals surface area (Å²) in [5, 5.41) is 6.89. The number of aromatic nitrogens is 3. The summed E-state index contributed by atoms with van der Waals surface area (Å²) in [4.78, 5) is 19.4. The van der Waals surface area contributed by atoms with Gasteiger partial charge in [-0.05, 0) is 36.6 Å². The quantitative estimate of drug-likeness (QED) is 0.605. The smallest absolute Gasteiger partial charge is 0.290 e. The predicted octanol–water partition coefficient (Wildman–Crippen LogP) is 3.21. The molecule has 1 unspecified atom stereocenters. The summed E-state index contributed by atoms with van der Waals surface area (Å²) in [5.74, 6) is 0. The van der Waals surface area contributed by atoms with E-state index in [1.54, 1.807) is 6.20 Å². The van der Waals surface area contributed by atoms with E-state index >= 15 is 0 Å². The molecule has 0 amide bonds. The SMILES string of the molecule is O=CO.c1ccc(Cn2cncc2CN2CCCC(OCc3cccnc3)C2)cc1. The van der Waals surface area contributed by atoms with Crippen molar-refractivity contribution in [3.8, 4) is 0 Å². The number of hydrogen-bond donors (Lipinski definition) is 1. The van der Waals surface area contributed by atoms with Crippen molar-refractivity contribution in [2.45, 2.75) is 38.6 Å². The van der Waals surface area contributed by atoms with Crippen LogP contribution < -0.4 is 0 Å². The Morgan fingerprint density at radius 3 is 2.63 bits per heavy atom. The molecule has 1 saturated heterocycles. The van der Waals surface area contributed by atoms with Crippen LogP contribution in [0.5, 0.6) is 0 Å². The van der Waals surface area contributed by atoms with Crippen LogP contribution in [0.4, 0.5) is 0 Å². The van der Waals surface area contributed by atoms with Gasteiger partial charge in [0.15, 0.2) is 0 Å². The highest BCUT2D eigenvalue weighted by Crippen LogP contribution is 2.18. The normalized spacial score (nSPS) is 16.5. The molecule has 30 heavy (non-hydrogen) atoms. The first-order valence-electron chi connectivity index (χ1n) is 10.1. The highest BCUT2D eigenvalue weighted by Gasteiger charge is 2.21. The van der Waals surface area contributed by atoms with Crippen LogP contribution in [0, 0.1) is 0 Å². The van der Waals surface area contributed by atoms with E-state index in [0.717, 1.165) is 38.2 Å². The van der Waals surface area contributed by atoms with Crippen LogP contribution in [0.3, 0.4) is 0 Å². The molecule has 7 heteroatoms. The van der Waals surface area contributed by atoms with Crippen molar-refractivity contribution in [2.24, 2.45) is 0 Å². The molecule has 0 spiro atoms. The van der Waals surface area contributed by atoms with Gasteiger partial charge in [0.05, 0.1) is 24.7 Å². The highest BCUT2D eigenvalue weighted by molar-refractivity contribution is 5.32.